The Bertz CT molecular complexity index is 1150. The van der Waals surface area contributed by atoms with Crippen molar-refractivity contribution >= 4 is 33.9 Å². The van der Waals surface area contributed by atoms with Gasteiger partial charge in [-0.15, -0.1) is 0 Å². The molecule has 0 aromatic heterocycles. The molecular weight excluding hydrogens is 481 g/mol. The average molecular weight is 500 g/mol. The lowest BCUT2D eigenvalue weighted by atomic mass is 10.1. The maximum absolute atomic E-state index is 13.1. The Kier molecular flexibility index (Phi) is 7.62. The minimum atomic E-state index is -1.29. The third-order valence-electron chi connectivity index (χ3n) is 4.37. The van der Waals surface area contributed by atoms with E-state index in [0.29, 0.717) is 27.1 Å². The van der Waals surface area contributed by atoms with Crippen LogP contribution in [0.1, 0.15) is 21.5 Å². The number of hydrogen-bond acceptors (Lipinski definition) is 4. The molecule has 0 unspecified atom stereocenters. The van der Waals surface area contributed by atoms with E-state index in [1.807, 2.05) is 0 Å². The minimum Gasteiger partial charge on any atom is -0.493 e. The summed E-state index contributed by atoms with van der Waals surface area (Å²) in [5.41, 5.74) is 1.27. The first-order valence-electron chi connectivity index (χ1n) is 9.43. The first-order chi connectivity index (χ1) is 15.4. The molecule has 0 aliphatic carbocycles. The highest BCUT2D eigenvalue weighted by atomic mass is 79.9. The molecule has 8 heteroatoms. The van der Waals surface area contributed by atoms with Crippen molar-refractivity contribution in [3.8, 4) is 11.5 Å². The van der Waals surface area contributed by atoms with Crippen LogP contribution < -0.4 is 14.8 Å². The number of rotatable bonds is 8. The van der Waals surface area contributed by atoms with E-state index >= 15 is 0 Å². The fourth-order valence-electron chi connectivity index (χ4n) is 2.80. The van der Waals surface area contributed by atoms with E-state index in [1.54, 1.807) is 54.6 Å². The third kappa shape index (κ3) is 5.95. The number of amides is 1. The molecule has 0 saturated carbocycles. The quantitative estimate of drug-likeness (QED) is 0.424. The van der Waals surface area contributed by atoms with Crippen molar-refractivity contribution in [1.82, 2.24) is 5.32 Å². The van der Waals surface area contributed by atoms with Crippen molar-refractivity contribution in [2.24, 2.45) is 0 Å². The van der Waals surface area contributed by atoms with Gasteiger partial charge in [0.1, 0.15) is 18.1 Å². The summed E-state index contributed by atoms with van der Waals surface area (Å²) < 4.78 is 24.8. The van der Waals surface area contributed by atoms with Gasteiger partial charge in [-0.25, -0.2) is 9.18 Å². The maximum Gasteiger partial charge on any atom is 0.352 e. The van der Waals surface area contributed by atoms with Crippen LogP contribution in [0.25, 0.3) is 6.08 Å². The molecule has 0 saturated heterocycles. The van der Waals surface area contributed by atoms with Crippen LogP contribution in [0.3, 0.4) is 0 Å². The molecule has 6 nitrogen and oxygen atoms in total. The molecule has 2 N–H and O–H groups in total. The van der Waals surface area contributed by atoms with Crippen molar-refractivity contribution in [2.45, 2.75) is 6.61 Å². The molecule has 0 heterocycles. The van der Waals surface area contributed by atoms with Gasteiger partial charge < -0.3 is 19.9 Å². The zero-order chi connectivity index (χ0) is 23.1. The normalized spacial score (nSPS) is 11.0. The highest BCUT2D eigenvalue weighted by molar-refractivity contribution is 9.10. The second kappa shape index (κ2) is 10.6. The lowest BCUT2D eigenvalue weighted by Gasteiger charge is -2.14. The molecule has 1 amide bonds. The van der Waals surface area contributed by atoms with E-state index in [0.717, 1.165) is 5.56 Å². The van der Waals surface area contributed by atoms with Crippen LogP contribution in [0.2, 0.25) is 0 Å². The molecule has 3 aromatic rings. The highest BCUT2D eigenvalue weighted by Gasteiger charge is 2.16. The van der Waals surface area contributed by atoms with Gasteiger partial charge in [0.05, 0.1) is 11.6 Å². The summed E-state index contributed by atoms with van der Waals surface area (Å²) in [7, 11) is 1.45. The maximum atomic E-state index is 13.1. The van der Waals surface area contributed by atoms with Gasteiger partial charge in [-0.05, 0) is 69.5 Å². The van der Waals surface area contributed by atoms with Crippen LogP contribution >= 0.6 is 15.9 Å². The number of hydrogen-bond donors (Lipinski definition) is 2. The van der Waals surface area contributed by atoms with Gasteiger partial charge >= 0.3 is 5.97 Å². The second-order valence-corrected chi connectivity index (χ2v) is 7.49. The molecule has 0 radical (unpaired) electrons. The van der Waals surface area contributed by atoms with Gasteiger partial charge in [0, 0.05) is 5.56 Å². The van der Waals surface area contributed by atoms with E-state index in [2.05, 4.69) is 21.2 Å². The van der Waals surface area contributed by atoms with Crippen LogP contribution in [0.15, 0.2) is 76.9 Å². The lowest BCUT2D eigenvalue weighted by molar-refractivity contribution is -0.132. The van der Waals surface area contributed by atoms with Crippen LogP contribution in [0.5, 0.6) is 11.5 Å². The van der Waals surface area contributed by atoms with E-state index in [-0.39, 0.29) is 18.1 Å². The molecule has 164 valence electrons. The summed E-state index contributed by atoms with van der Waals surface area (Å²) in [5.74, 6) is -1.41. The summed E-state index contributed by atoms with van der Waals surface area (Å²) >= 11 is 3.41. The largest absolute Gasteiger partial charge is 0.493 e. The standard InChI is InChI=1S/C24H19BrFNO5/c1-31-21-13-16(11-19(25)22(21)32-14-15-7-9-18(26)10-8-15)12-20(24(29)30)27-23(28)17-5-3-2-4-6-17/h2-13H,14H2,1H3,(H,27,28)(H,29,30). The fraction of sp³-hybridized carbons (Fsp3) is 0.0833. The van der Waals surface area contributed by atoms with Gasteiger partial charge in [0.2, 0.25) is 0 Å². The average Bonchev–Trinajstić information content (AvgIpc) is 2.79. The lowest BCUT2D eigenvalue weighted by Crippen LogP contribution is -2.27. The van der Waals surface area contributed by atoms with Crippen LogP contribution in [-0.4, -0.2) is 24.1 Å². The fourth-order valence-corrected chi connectivity index (χ4v) is 3.38. The number of aliphatic carboxylic acids is 1. The molecule has 3 rings (SSSR count). The first kappa shape index (κ1) is 23.0. The van der Waals surface area contributed by atoms with Crippen LogP contribution in [-0.2, 0) is 11.4 Å². The number of nitrogens with one attached hydrogen (secondary N) is 1. The number of carboxylic acids is 1. The van der Waals surface area contributed by atoms with Crippen molar-refractivity contribution in [1.29, 1.82) is 0 Å². The predicted molar refractivity (Wildman–Crippen MR) is 121 cm³/mol. The number of carbonyl (C=O) groups is 2. The Hall–Kier alpha value is -3.65. The minimum absolute atomic E-state index is 0.179. The van der Waals surface area contributed by atoms with Crippen molar-refractivity contribution in [2.75, 3.05) is 7.11 Å². The van der Waals surface area contributed by atoms with Gasteiger partial charge in [-0.3, -0.25) is 4.79 Å². The molecule has 0 atom stereocenters. The Morgan fingerprint density at radius 2 is 1.78 bits per heavy atom. The van der Waals surface area contributed by atoms with Crippen molar-refractivity contribution in [3.05, 3.63) is 99.4 Å². The molecule has 0 aliphatic heterocycles. The Morgan fingerprint density at radius 3 is 2.41 bits per heavy atom. The number of carboxylic acid groups (broad SMARTS) is 1. The summed E-state index contributed by atoms with van der Waals surface area (Å²) in [6.07, 6.45) is 1.32. The number of ether oxygens (including phenoxy) is 2. The molecule has 32 heavy (non-hydrogen) atoms. The van der Waals surface area contributed by atoms with Crippen molar-refractivity contribution in [3.63, 3.8) is 0 Å². The molecule has 0 aliphatic rings. The number of halogens is 2. The van der Waals surface area contributed by atoms with Gasteiger partial charge in [-0.2, -0.15) is 0 Å². The molecule has 3 aromatic carbocycles. The number of methoxy groups -OCH3 is 1. The predicted octanol–water partition coefficient (Wildman–Crippen LogP) is 5.03. The summed E-state index contributed by atoms with van der Waals surface area (Å²) in [6, 6.07) is 17.4. The van der Waals surface area contributed by atoms with Crippen LogP contribution in [0, 0.1) is 5.82 Å². The SMILES string of the molecule is COc1cc(C=C(NC(=O)c2ccccc2)C(=O)O)cc(Br)c1OCc1ccc(F)cc1. The van der Waals surface area contributed by atoms with Crippen molar-refractivity contribution < 1.29 is 28.6 Å². The second-order valence-electron chi connectivity index (χ2n) is 6.63. The molecular formula is C24H19BrFNO5. The summed E-state index contributed by atoms with van der Waals surface area (Å²) in [6.45, 7) is 0.179. The third-order valence-corrected chi connectivity index (χ3v) is 4.96. The Labute approximate surface area is 192 Å². The van der Waals surface area contributed by atoms with Crippen LogP contribution in [0.4, 0.5) is 4.39 Å². The Morgan fingerprint density at radius 1 is 1.09 bits per heavy atom. The number of benzene rings is 3. The van der Waals surface area contributed by atoms with E-state index in [9.17, 15) is 19.1 Å². The molecule has 0 spiro atoms. The zero-order valence-electron chi connectivity index (χ0n) is 17.0. The molecule has 0 fully saturated rings. The van der Waals surface area contributed by atoms with E-state index < -0.39 is 11.9 Å². The Balaban J connectivity index is 1.83. The monoisotopic (exact) mass is 499 g/mol. The smallest absolute Gasteiger partial charge is 0.352 e. The summed E-state index contributed by atoms with van der Waals surface area (Å²) in [5, 5.41) is 11.9. The first-order valence-corrected chi connectivity index (χ1v) is 10.2. The van der Waals surface area contributed by atoms with Gasteiger partial charge in [0.15, 0.2) is 11.5 Å². The van der Waals surface area contributed by atoms with E-state index in [4.69, 9.17) is 9.47 Å². The van der Waals surface area contributed by atoms with Gasteiger partial charge in [0.25, 0.3) is 5.91 Å². The topological polar surface area (TPSA) is 84.9 Å². The molecule has 0 bridgehead atoms. The zero-order valence-corrected chi connectivity index (χ0v) is 18.6. The van der Waals surface area contributed by atoms with E-state index in [1.165, 1.54) is 25.3 Å². The summed E-state index contributed by atoms with van der Waals surface area (Å²) in [4.78, 5) is 24.0. The highest BCUT2D eigenvalue weighted by Crippen LogP contribution is 2.37. The van der Waals surface area contributed by atoms with Gasteiger partial charge in [-0.1, -0.05) is 30.3 Å². The number of carbonyl (C=O) groups excluding carboxylic acids is 1.